The second-order valence-electron chi connectivity index (χ2n) is 6.49. The molecule has 6 nitrogen and oxygen atoms in total. The van der Waals surface area contributed by atoms with Crippen molar-refractivity contribution < 1.29 is 29.2 Å². The lowest BCUT2D eigenvalue weighted by atomic mass is 10.0. The van der Waals surface area contributed by atoms with E-state index in [1.807, 2.05) is 60.7 Å². The van der Waals surface area contributed by atoms with E-state index < -0.39 is 37.0 Å². The number of aliphatic hydroxyl groups is 2. The van der Waals surface area contributed by atoms with Crippen molar-refractivity contribution >= 4 is 0 Å². The zero-order valence-corrected chi connectivity index (χ0v) is 14.2. The van der Waals surface area contributed by atoms with Crippen molar-refractivity contribution in [2.45, 2.75) is 37.0 Å². The Kier molecular flexibility index (Phi) is 5.31. The average molecular weight is 358 g/mol. The molecule has 26 heavy (non-hydrogen) atoms. The highest BCUT2D eigenvalue weighted by molar-refractivity contribution is 5.18. The normalized spacial score (nSPS) is 35.2. The first-order valence-corrected chi connectivity index (χ1v) is 8.72. The van der Waals surface area contributed by atoms with Gasteiger partial charge in [0.2, 0.25) is 0 Å². The van der Waals surface area contributed by atoms with Gasteiger partial charge in [-0.2, -0.15) is 0 Å². The molecule has 0 spiro atoms. The van der Waals surface area contributed by atoms with Crippen LogP contribution in [0.1, 0.15) is 23.7 Å². The highest BCUT2D eigenvalue weighted by atomic mass is 16.7. The topological polar surface area (TPSA) is 77.4 Å². The van der Waals surface area contributed by atoms with E-state index in [1.165, 1.54) is 0 Å². The molecule has 2 aliphatic heterocycles. The summed E-state index contributed by atoms with van der Waals surface area (Å²) in [7, 11) is 0. The van der Waals surface area contributed by atoms with Crippen molar-refractivity contribution in [2.24, 2.45) is 0 Å². The summed E-state index contributed by atoms with van der Waals surface area (Å²) in [5.74, 6) is 0. The van der Waals surface area contributed by atoms with Gasteiger partial charge in [0.15, 0.2) is 12.6 Å². The first-order chi connectivity index (χ1) is 12.7. The maximum atomic E-state index is 10.5. The van der Waals surface area contributed by atoms with Crippen LogP contribution in [0.3, 0.4) is 0 Å². The average Bonchev–Trinajstić information content (AvgIpc) is 3.13. The van der Waals surface area contributed by atoms with Crippen LogP contribution in [-0.2, 0) is 18.9 Å². The number of hydrogen-bond donors (Lipinski definition) is 2. The second kappa shape index (κ2) is 7.84. The molecule has 4 rings (SSSR count). The lowest BCUT2D eigenvalue weighted by Crippen LogP contribution is -2.46. The molecule has 0 aliphatic carbocycles. The first-order valence-electron chi connectivity index (χ1n) is 8.72. The maximum absolute atomic E-state index is 10.5. The van der Waals surface area contributed by atoms with Gasteiger partial charge in [0.05, 0.1) is 13.2 Å². The summed E-state index contributed by atoms with van der Waals surface area (Å²) in [5, 5.41) is 20.7. The Balaban J connectivity index is 1.51. The molecule has 0 aromatic heterocycles. The number of hydrogen-bond acceptors (Lipinski definition) is 6. The Hall–Kier alpha value is -1.80. The van der Waals surface area contributed by atoms with E-state index >= 15 is 0 Å². The SMILES string of the molecule is O[C@@H]1[C@H]([C@@H]2COC(c3ccccc3)O2)OC(c2ccccc2)OC[C@H]1O. The molecular weight excluding hydrogens is 336 g/mol. The first kappa shape index (κ1) is 17.6. The van der Waals surface area contributed by atoms with Crippen LogP contribution >= 0.6 is 0 Å². The Labute approximate surface area is 151 Å². The second-order valence-corrected chi connectivity index (χ2v) is 6.49. The fourth-order valence-electron chi connectivity index (χ4n) is 3.24. The van der Waals surface area contributed by atoms with Gasteiger partial charge in [-0.05, 0) is 0 Å². The van der Waals surface area contributed by atoms with Gasteiger partial charge in [-0.3, -0.25) is 0 Å². The Bertz CT molecular complexity index is 694. The number of rotatable bonds is 3. The van der Waals surface area contributed by atoms with Crippen LogP contribution in [-0.4, -0.2) is 47.8 Å². The van der Waals surface area contributed by atoms with Crippen LogP contribution in [0.2, 0.25) is 0 Å². The van der Waals surface area contributed by atoms with Crippen LogP contribution in [0.15, 0.2) is 60.7 Å². The van der Waals surface area contributed by atoms with Crippen LogP contribution in [0.25, 0.3) is 0 Å². The van der Waals surface area contributed by atoms with Gasteiger partial charge in [0.1, 0.15) is 24.4 Å². The van der Waals surface area contributed by atoms with Gasteiger partial charge in [0.25, 0.3) is 0 Å². The molecule has 2 aliphatic rings. The van der Waals surface area contributed by atoms with E-state index in [0.29, 0.717) is 0 Å². The lowest BCUT2D eigenvalue weighted by Gasteiger charge is -2.28. The van der Waals surface area contributed by atoms with E-state index in [1.54, 1.807) is 0 Å². The fraction of sp³-hybridized carbons (Fsp3) is 0.400. The van der Waals surface area contributed by atoms with E-state index in [2.05, 4.69) is 0 Å². The van der Waals surface area contributed by atoms with E-state index in [9.17, 15) is 10.2 Å². The number of ether oxygens (including phenoxy) is 4. The standard InChI is InChI=1S/C20H22O6/c21-15-11-23-20(14-9-5-2-6-10-14)26-18(17(15)22)16-12-24-19(25-16)13-7-3-1-4-8-13/h1-10,15-22H,11-12H2/t15-,16+,17+,18+,19?,20?/m1/s1. The zero-order valence-electron chi connectivity index (χ0n) is 14.2. The summed E-state index contributed by atoms with van der Waals surface area (Å²) in [6, 6.07) is 19.0. The van der Waals surface area contributed by atoms with Crippen molar-refractivity contribution in [3.63, 3.8) is 0 Å². The molecule has 0 radical (unpaired) electrons. The number of aliphatic hydroxyl groups excluding tert-OH is 2. The molecule has 0 amide bonds. The fourth-order valence-corrected chi connectivity index (χ4v) is 3.24. The smallest absolute Gasteiger partial charge is 0.184 e. The van der Waals surface area contributed by atoms with Crippen molar-refractivity contribution in [1.82, 2.24) is 0 Å². The van der Waals surface area contributed by atoms with E-state index in [4.69, 9.17) is 18.9 Å². The highest BCUT2D eigenvalue weighted by Gasteiger charge is 2.43. The van der Waals surface area contributed by atoms with Crippen molar-refractivity contribution in [3.8, 4) is 0 Å². The Morgan fingerprint density at radius 2 is 1.23 bits per heavy atom. The molecule has 2 saturated heterocycles. The predicted molar refractivity (Wildman–Crippen MR) is 92.0 cm³/mol. The summed E-state index contributed by atoms with van der Waals surface area (Å²) >= 11 is 0. The van der Waals surface area contributed by atoms with Crippen LogP contribution < -0.4 is 0 Å². The van der Waals surface area contributed by atoms with Gasteiger partial charge < -0.3 is 29.2 Å². The summed E-state index contributed by atoms with van der Waals surface area (Å²) in [5.41, 5.74) is 1.71. The largest absolute Gasteiger partial charge is 0.388 e. The van der Waals surface area contributed by atoms with E-state index in [-0.39, 0.29) is 13.2 Å². The van der Waals surface area contributed by atoms with Gasteiger partial charge in [-0.25, -0.2) is 0 Å². The Morgan fingerprint density at radius 1 is 0.692 bits per heavy atom. The van der Waals surface area contributed by atoms with Gasteiger partial charge in [-0.1, -0.05) is 60.7 Å². The number of benzene rings is 2. The third kappa shape index (κ3) is 3.66. The summed E-state index contributed by atoms with van der Waals surface area (Å²) in [6.45, 7) is 0.239. The quantitative estimate of drug-likeness (QED) is 0.873. The highest BCUT2D eigenvalue weighted by Crippen LogP contribution is 2.34. The maximum Gasteiger partial charge on any atom is 0.184 e. The van der Waals surface area contributed by atoms with E-state index in [0.717, 1.165) is 11.1 Å². The molecule has 2 N–H and O–H groups in total. The Morgan fingerprint density at radius 3 is 1.85 bits per heavy atom. The minimum absolute atomic E-state index is 0.0209. The molecule has 138 valence electrons. The predicted octanol–water partition coefficient (Wildman–Crippen LogP) is 1.94. The minimum atomic E-state index is -1.13. The van der Waals surface area contributed by atoms with Crippen molar-refractivity contribution in [1.29, 1.82) is 0 Å². The summed E-state index contributed by atoms with van der Waals surface area (Å²) in [4.78, 5) is 0. The molecule has 0 saturated carbocycles. The molecule has 6 atom stereocenters. The van der Waals surface area contributed by atoms with Crippen molar-refractivity contribution in [2.75, 3.05) is 13.2 Å². The summed E-state index contributed by atoms with van der Waals surface area (Å²) < 4.78 is 23.4. The monoisotopic (exact) mass is 358 g/mol. The van der Waals surface area contributed by atoms with Crippen LogP contribution in [0.5, 0.6) is 0 Å². The molecule has 0 bridgehead atoms. The molecule has 2 aromatic carbocycles. The van der Waals surface area contributed by atoms with Gasteiger partial charge in [0, 0.05) is 11.1 Å². The molecule has 2 unspecified atom stereocenters. The summed E-state index contributed by atoms with van der Waals surface area (Å²) in [6.07, 6.45) is -4.69. The molecular formula is C20H22O6. The van der Waals surface area contributed by atoms with Gasteiger partial charge in [-0.15, -0.1) is 0 Å². The third-order valence-corrected chi connectivity index (χ3v) is 4.65. The third-order valence-electron chi connectivity index (χ3n) is 4.65. The lowest BCUT2D eigenvalue weighted by molar-refractivity contribution is -0.200. The van der Waals surface area contributed by atoms with Gasteiger partial charge >= 0.3 is 0 Å². The molecule has 2 heterocycles. The van der Waals surface area contributed by atoms with Crippen LogP contribution in [0.4, 0.5) is 0 Å². The zero-order chi connectivity index (χ0) is 17.9. The van der Waals surface area contributed by atoms with Crippen molar-refractivity contribution in [3.05, 3.63) is 71.8 Å². The molecule has 2 fully saturated rings. The minimum Gasteiger partial charge on any atom is -0.388 e. The molecule has 2 aromatic rings. The molecule has 6 heteroatoms. The van der Waals surface area contributed by atoms with Crippen LogP contribution in [0, 0.1) is 0 Å².